The SMILES string of the molecule is N#CCCn1nc(-c2ccccc2)c(-c2ccccc2)nc1=O. The van der Waals surface area contributed by atoms with Crippen LogP contribution in [0, 0.1) is 11.3 Å². The molecule has 0 saturated heterocycles. The third kappa shape index (κ3) is 3.16. The fourth-order valence-corrected chi connectivity index (χ4v) is 2.31. The minimum Gasteiger partial charge on any atom is -0.244 e. The van der Waals surface area contributed by atoms with Gasteiger partial charge in [0.25, 0.3) is 0 Å². The maximum absolute atomic E-state index is 12.2. The molecule has 0 aliphatic heterocycles. The summed E-state index contributed by atoms with van der Waals surface area (Å²) in [6.07, 6.45) is 0.216. The van der Waals surface area contributed by atoms with Crippen molar-refractivity contribution in [3.05, 3.63) is 71.1 Å². The highest BCUT2D eigenvalue weighted by atomic mass is 16.1. The van der Waals surface area contributed by atoms with Gasteiger partial charge in [-0.3, -0.25) is 0 Å². The molecule has 0 N–H and O–H groups in total. The van der Waals surface area contributed by atoms with Gasteiger partial charge in [0.1, 0.15) is 11.4 Å². The van der Waals surface area contributed by atoms with Gasteiger partial charge >= 0.3 is 5.69 Å². The number of nitriles is 1. The molecule has 0 bridgehead atoms. The predicted octanol–water partition coefficient (Wildman–Crippen LogP) is 2.89. The van der Waals surface area contributed by atoms with Crippen LogP contribution in [0.5, 0.6) is 0 Å². The molecule has 5 nitrogen and oxygen atoms in total. The predicted molar refractivity (Wildman–Crippen MR) is 87.4 cm³/mol. The molecule has 0 aliphatic carbocycles. The van der Waals surface area contributed by atoms with Crippen LogP contribution in [-0.4, -0.2) is 14.8 Å². The quantitative estimate of drug-likeness (QED) is 0.743. The average Bonchev–Trinajstić information content (AvgIpc) is 2.62. The normalized spacial score (nSPS) is 10.2. The Labute approximate surface area is 133 Å². The maximum atomic E-state index is 12.2. The lowest BCUT2D eigenvalue weighted by Crippen LogP contribution is -2.27. The molecule has 2 aromatic carbocycles. The second-order valence-corrected chi connectivity index (χ2v) is 4.95. The van der Waals surface area contributed by atoms with Gasteiger partial charge in [-0.05, 0) is 0 Å². The van der Waals surface area contributed by atoms with Crippen molar-refractivity contribution in [2.24, 2.45) is 0 Å². The largest absolute Gasteiger partial charge is 0.364 e. The van der Waals surface area contributed by atoms with E-state index in [9.17, 15) is 4.79 Å². The lowest BCUT2D eigenvalue weighted by Gasteiger charge is -2.10. The Morgan fingerprint density at radius 3 is 2.04 bits per heavy atom. The number of rotatable bonds is 4. The maximum Gasteiger partial charge on any atom is 0.364 e. The second-order valence-electron chi connectivity index (χ2n) is 4.95. The molecule has 23 heavy (non-hydrogen) atoms. The van der Waals surface area contributed by atoms with Crippen molar-refractivity contribution in [1.29, 1.82) is 5.26 Å². The van der Waals surface area contributed by atoms with Crippen molar-refractivity contribution in [1.82, 2.24) is 14.8 Å². The summed E-state index contributed by atoms with van der Waals surface area (Å²) in [5.41, 5.74) is 2.45. The number of aryl methyl sites for hydroxylation is 1. The summed E-state index contributed by atoms with van der Waals surface area (Å²) in [5, 5.41) is 13.2. The standard InChI is InChI=1S/C18H14N4O/c19-12-7-13-22-18(23)20-16(14-8-3-1-4-9-14)17(21-22)15-10-5-2-6-11-15/h1-6,8-11H,7,13H2. The molecule has 1 heterocycles. The molecule has 0 radical (unpaired) electrons. The van der Waals surface area contributed by atoms with E-state index < -0.39 is 5.69 Å². The van der Waals surface area contributed by atoms with Crippen molar-refractivity contribution in [2.75, 3.05) is 0 Å². The molecule has 0 fully saturated rings. The summed E-state index contributed by atoms with van der Waals surface area (Å²) in [6.45, 7) is 0.233. The number of benzene rings is 2. The lowest BCUT2D eigenvalue weighted by atomic mass is 10.0. The highest BCUT2D eigenvalue weighted by Crippen LogP contribution is 2.26. The van der Waals surface area contributed by atoms with E-state index in [2.05, 4.69) is 10.1 Å². The van der Waals surface area contributed by atoms with Crippen molar-refractivity contribution >= 4 is 0 Å². The minimum absolute atomic E-state index is 0.216. The van der Waals surface area contributed by atoms with Gasteiger partial charge in [0.15, 0.2) is 0 Å². The Hall–Kier alpha value is -3.26. The van der Waals surface area contributed by atoms with E-state index in [-0.39, 0.29) is 13.0 Å². The van der Waals surface area contributed by atoms with Crippen LogP contribution in [0.3, 0.4) is 0 Å². The van der Waals surface area contributed by atoms with Crippen molar-refractivity contribution < 1.29 is 0 Å². The smallest absolute Gasteiger partial charge is 0.244 e. The molecule has 3 aromatic rings. The third-order valence-corrected chi connectivity index (χ3v) is 3.40. The van der Waals surface area contributed by atoms with Crippen LogP contribution in [0.2, 0.25) is 0 Å². The highest BCUT2D eigenvalue weighted by Gasteiger charge is 2.14. The summed E-state index contributed by atoms with van der Waals surface area (Å²) < 4.78 is 1.25. The van der Waals surface area contributed by atoms with Crippen LogP contribution in [0.1, 0.15) is 6.42 Å². The first-order chi connectivity index (χ1) is 11.3. The fourth-order valence-electron chi connectivity index (χ4n) is 2.31. The average molecular weight is 302 g/mol. The number of aromatic nitrogens is 3. The first kappa shape index (κ1) is 14.7. The van der Waals surface area contributed by atoms with Gasteiger partial charge in [-0.15, -0.1) is 0 Å². The molecule has 0 saturated carbocycles. The van der Waals surface area contributed by atoms with Crippen LogP contribution in [0.4, 0.5) is 0 Å². The molecule has 1 aromatic heterocycles. The van der Waals surface area contributed by atoms with E-state index in [1.54, 1.807) is 0 Å². The topological polar surface area (TPSA) is 71.6 Å². The monoisotopic (exact) mass is 302 g/mol. The Morgan fingerprint density at radius 1 is 0.913 bits per heavy atom. The van der Waals surface area contributed by atoms with Crippen molar-refractivity contribution in [3.63, 3.8) is 0 Å². The van der Waals surface area contributed by atoms with E-state index in [1.807, 2.05) is 66.7 Å². The zero-order valence-electron chi connectivity index (χ0n) is 12.4. The highest BCUT2D eigenvalue weighted by molar-refractivity contribution is 5.77. The molecule has 3 rings (SSSR count). The Kier molecular flexibility index (Phi) is 4.25. The van der Waals surface area contributed by atoms with Crippen molar-refractivity contribution in [2.45, 2.75) is 13.0 Å². The van der Waals surface area contributed by atoms with E-state index in [4.69, 9.17) is 5.26 Å². The fraction of sp³-hybridized carbons (Fsp3) is 0.111. The van der Waals surface area contributed by atoms with E-state index in [1.165, 1.54) is 4.68 Å². The molecular formula is C18H14N4O. The van der Waals surface area contributed by atoms with E-state index in [0.717, 1.165) is 11.1 Å². The first-order valence-electron chi connectivity index (χ1n) is 7.26. The number of hydrogen-bond acceptors (Lipinski definition) is 4. The van der Waals surface area contributed by atoms with Crippen LogP contribution >= 0.6 is 0 Å². The molecule has 0 atom stereocenters. The van der Waals surface area contributed by atoms with Gasteiger partial charge in [-0.1, -0.05) is 60.7 Å². The Balaban J connectivity index is 2.21. The second kappa shape index (κ2) is 6.67. The van der Waals surface area contributed by atoms with E-state index >= 15 is 0 Å². The zero-order valence-corrected chi connectivity index (χ0v) is 12.4. The molecule has 112 valence electrons. The first-order valence-corrected chi connectivity index (χ1v) is 7.26. The Bertz CT molecular complexity index is 896. The van der Waals surface area contributed by atoms with Crippen LogP contribution in [-0.2, 0) is 6.54 Å². The minimum atomic E-state index is -0.446. The molecule has 5 heteroatoms. The summed E-state index contributed by atoms with van der Waals surface area (Å²) in [6, 6.07) is 21.1. The molecular weight excluding hydrogens is 288 g/mol. The molecule has 0 spiro atoms. The summed E-state index contributed by atoms with van der Waals surface area (Å²) in [4.78, 5) is 16.4. The molecule has 0 aliphatic rings. The number of nitrogens with zero attached hydrogens (tertiary/aromatic N) is 4. The van der Waals surface area contributed by atoms with Gasteiger partial charge in [-0.25, -0.2) is 9.48 Å². The molecule has 0 unspecified atom stereocenters. The third-order valence-electron chi connectivity index (χ3n) is 3.40. The summed E-state index contributed by atoms with van der Waals surface area (Å²) >= 11 is 0. The van der Waals surface area contributed by atoms with Crippen LogP contribution < -0.4 is 5.69 Å². The number of hydrogen-bond donors (Lipinski definition) is 0. The zero-order chi connectivity index (χ0) is 16.1. The van der Waals surface area contributed by atoms with Gasteiger partial charge in [0.05, 0.1) is 19.0 Å². The van der Waals surface area contributed by atoms with E-state index in [0.29, 0.717) is 11.4 Å². The lowest BCUT2D eigenvalue weighted by molar-refractivity contribution is 0.573. The molecule has 0 amide bonds. The van der Waals surface area contributed by atoms with Crippen LogP contribution in [0.25, 0.3) is 22.5 Å². The summed E-state index contributed by atoms with van der Waals surface area (Å²) in [7, 11) is 0. The summed E-state index contributed by atoms with van der Waals surface area (Å²) in [5.74, 6) is 0. The van der Waals surface area contributed by atoms with Crippen LogP contribution in [0.15, 0.2) is 65.5 Å². The van der Waals surface area contributed by atoms with Gasteiger partial charge in [-0.2, -0.15) is 15.3 Å². The van der Waals surface area contributed by atoms with Gasteiger partial charge < -0.3 is 0 Å². The Morgan fingerprint density at radius 2 is 1.48 bits per heavy atom. The van der Waals surface area contributed by atoms with Crippen molar-refractivity contribution in [3.8, 4) is 28.6 Å². The van der Waals surface area contributed by atoms with Gasteiger partial charge in [0.2, 0.25) is 0 Å². The van der Waals surface area contributed by atoms with Gasteiger partial charge in [0, 0.05) is 11.1 Å².